The molecule has 10 nitrogen and oxygen atoms in total. The van der Waals surface area contributed by atoms with Crippen molar-refractivity contribution in [1.82, 2.24) is 9.80 Å². The lowest BCUT2D eigenvalue weighted by molar-refractivity contribution is -0.385. The first-order chi connectivity index (χ1) is 15.3. The fraction of sp³-hybridized carbons (Fsp3) is 0.300. The van der Waals surface area contributed by atoms with E-state index in [9.17, 15) is 29.8 Å². The van der Waals surface area contributed by atoms with Crippen LogP contribution in [0.15, 0.2) is 48.5 Å². The summed E-state index contributed by atoms with van der Waals surface area (Å²) in [4.78, 5) is 49.2. The van der Waals surface area contributed by atoms with Crippen LogP contribution in [0.2, 0.25) is 0 Å². The van der Waals surface area contributed by atoms with Gasteiger partial charge in [-0.2, -0.15) is 0 Å². The van der Waals surface area contributed by atoms with Crippen LogP contribution in [0, 0.1) is 20.2 Å². The van der Waals surface area contributed by atoms with Crippen molar-refractivity contribution in [2.24, 2.45) is 0 Å². The normalized spacial score (nSPS) is 20.8. The van der Waals surface area contributed by atoms with Crippen molar-refractivity contribution < 1.29 is 19.4 Å². The van der Waals surface area contributed by atoms with Gasteiger partial charge in [0.15, 0.2) is 0 Å². The van der Waals surface area contributed by atoms with Crippen LogP contribution in [0.5, 0.6) is 0 Å². The fourth-order valence-corrected chi connectivity index (χ4v) is 6.12. The lowest BCUT2D eigenvalue weighted by Gasteiger charge is -2.29. The van der Waals surface area contributed by atoms with Crippen molar-refractivity contribution in [3.8, 4) is 0 Å². The minimum Gasteiger partial charge on any atom is -0.324 e. The summed E-state index contributed by atoms with van der Waals surface area (Å²) in [5.74, 6) is 0.501. The average molecular weight is 475 g/mol. The van der Waals surface area contributed by atoms with E-state index in [1.165, 1.54) is 47.8 Å². The largest absolute Gasteiger partial charge is 0.324 e. The second kappa shape index (κ2) is 9.17. The number of nitro benzene ring substituents is 2. The summed E-state index contributed by atoms with van der Waals surface area (Å²) in [5.41, 5.74) is 1.56. The summed E-state index contributed by atoms with van der Waals surface area (Å²) in [6.45, 7) is 0.645. The Balaban J connectivity index is 1.47. The van der Waals surface area contributed by atoms with E-state index in [1.54, 1.807) is 34.1 Å². The average Bonchev–Trinajstić information content (AvgIpc) is 3.34. The van der Waals surface area contributed by atoms with Gasteiger partial charge in [-0.15, -0.1) is 23.5 Å². The Kier molecular flexibility index (Phi) is 6.33. The van der Waals surface area contributed by atoms with Crippen LogP contribution in [0.3, 0.4) is 0 Å². The molecule has 2 atom stereocenters. The van der Waals surface area contributed by atoms with Crippen molar-refractivity contribution in [3.63, 3.8) is 0 Å². The molecule has 2 aromatic rings. The topological polar surface area (TPSA) is 127 Å². The Hall–Kier alpha value is -3.12. The van der Waals surface area contributed by atoms with Gasteiger partial charge in [0.25, 0.3) is 11.4 Å². The van der Waals surface area contributed by atoms with Crippen molar-refractivity contribution in [1.29, 1.82) is 0 Å². The molecule has 2 aromatic carbocycles. The molecule has 166 valence electrons. The SMILES string of the molecule is O=C1CSC(c2ccc([N+](=O)[O-])cc2)N1CCN1C(=O)CSC1c1ccc([N+](=O)[O-])cc1. The van der Waals surface area contributed by atoms with Crippen LogP contribution in [0.1, 0.15) is 21.9 Å². The molecule has 2 unspecified atom stereocenters. The van der Waals surface area contributed by atoms with Crippen molar-refractivity contribution >= 4 is 46.7 Å². The first kappa shape index (κ1) is 22.1. The number of thioether (sulfide) groups is 2. The highest BCUT2D eigenvalue weighted by atomic mass is 32.2. The van der Waals surface area contributed by atoms with Gasteiger partial charge in [0, 0.05) is 37.4 Å². The van der Waals surface area contributed by atoms with Gasteiger partial charge in [-0.05, 0) is 35.4 Å². The zero-order valence-electron chi connectivity index (χ0n) is 16.7. The van der Waals surface area contributed by atoms with E-state index in [2.05, 4.69) is 0 Å². The minimum absolute atomic E-state index is 0.0137. The molecule has 0 bridgehead atoms. The summed E-state index contributed by atoms with van der Waals surface area (Å²) >= 11 is 2.89. The van der Waals surface area contributed by atoms with Crippen molar-refractivity contribution in [2.45, 2.75) is 10.7 Å². The zero-order valence-corrected chi connectivity index (χ0v) is 18.3. The van der Waals surface area contributed by atoms with Gasteiger partial charge in [-0.3, -0.25) is 29.8 Å². The first-order valence-electron chi connectivity index (χ1n) is 9.66. The highest BCUT2D eigenvalue weighted by Crippen LogP contribution is 2.41. The molecular formula is C20H18N4O6S2. The van der Waals surface area contributed by atoms with Gasteiger partial charge < -0.3 is 9.80 Å². The van der Waals surface area contributed by atoms with E-state index < -0.39 is 9.85 Å². The quantitative estimate of drug-likeness (QED) is 0.442. The van der Waals surface area contributed by atoms with Gasteiger partial charge >= 0.3 is 0 Å². The standard InChI is InChI=1S/C20H18N4O6S2/c25-17-11-31-19(13-1-5-15(6-2-13)23(27)28)21(17)9-10-22-18(26)12-32-20(22)14-3-7-16(8-4-14)24(29)30/h1-8,19-20H,9-12H2. The fourth-order valence-electron chi connectivity index (χ4n) is 3.68. The van der Waals surface area contributed by atoms with E-state index in [0.717, 1.165) is 11.1 Å². The molecule has 4 rings (SSSR count). The third kappa shape index (κ3) is 4.41. The molecule has 0 aliphatic carbocycles. The summed E-state index contributed by atoms with van der Waals surface area (Å²) in [6.07, 6.45) is 0. The lowest BCUT2D eigenvalue weighted by atomic mass is 10.1. The maximum atomic E-state index is 12.5. The number of nitrogens with zero attached hydrogens (tertiary/aromatic N) is 4. The molecule has 32 heavy (non-hydrogen) atoms. The summed E-state index contributed by atoms with van der Waals surface area (Å²) in [7, 11) is 0. The Morgan fingerprint density at radius 3 is 1.38 bits per heavy atom. The molecule has 0 aromatic heterocycles. The predicted octanol–water partition coefficient (Wildman–Crippen LogP) is 3.35. The highest BCUT2D eigenvalue weighted by molar-refractivity contribution is 8.00. The molecule has 2 saturated heterocycles. The third-order valence-electron chi connectivity index (χ3n) is 5.30. The van der Waals surface area contributed by atoms with Gasteiger partial charge in [-0.1, -0.05) is 0 Å². The van der Waals surface area contributed by atoms with E-state index in [4.69, 9.17) is 0 Å². The van der Waals surface area contributed by atoms with E-state index in [-0.39, 0.29) is 33.9 Å². The minimum atomic E-state index is -0.469. The zero-order chi connectivity index (χ0) is 22.8. The third-order valence-corrected chi connectivity index (χ3v) is 7.81. The molecule has 2 amide bonds. The molecular weight excluding hydrogens is 456 g/mol. The maximum absolute atomic E-state index is 12.5. The van der Waals surface area contributed by atoms with Crippen LogP contribution < -0.4 is 0 Å². The molecule has 12 heteroatoms. The van der Waals surface area contributed by atoms with Crippen molar-refractivity contribution in [2.75, 3.05) is 24.6 Å². The number of amides is 2. The Labute approximate surface area is 191 Å². The molecule has 0 radical (unpaired) electrons. The molecule has 2 fully saturated rings. The van der Waals surface area contributed by atoms with E-state index in [0.29, 0.717) is 24.6 Å². The molecule has 0 N–H and O–H groups in total. The number of carbonyl (C=O) groups excluding carboxylic acids is 2. The van der Waals surface area contributed by atoms with Gasteiger partial charge in [0.1, 0.15) is 10.7 Å². The number of nitro groups is 2. The van der Waals surface area contributed by atoms with Gasteiger partial charge in [0.2, 0.25) is 11.8 Å². The summed E-state index contributed by atoms with van der Waals surface area (Å²) < 4.78 is 0. The van der Waals surface area contributed by atoms with Crippen molar-refractivity contribution in [3.05, 3.63) is 79.9 Å². The lowest BCUT2D eigenvalue weighted by Crippen LogP contribution is -2.39. The second-order valence-electron chi connectivity index (χ2n) is 7.20. The van der Waals surface area contributed by atoms with Gasteiger partial charge in [0.05, 0.1) is 21.4 Å². The number of rotatable bonds is 7. The number of carbonyl (C=O) groups is 2. The van der Waals surface area contributed by atoms with E-state index >= 15 is 0 Å². The predicted molar refractivity (Wildman–Crippen MR) is 120 cm³/mol. The Morgan fingerprint density at radius 1 is 0.719 bits per heavy atom. The van der Waals surface area contributed by atoms with Crippen LogP contribution in [-0.2, 0) is 9.59 Å². The van der Waals surface area contributed by atoms with E-state index in [1.807, 2.05) is 0 Å². The molecule has 2 heterocycles. The Morgan fingerprint density at radius 2 is 1.06 bits per heavy atom. The van der Waals surface area contributed by atoms with Crippen LogP contribution in [0.25, 0.3) is 0 Å². The first-order valence-corrected chi connectivity index (χ1v) is 11.8. The maximum Gasteiger partial charge on any atom is 0.269 e. The summed E-state index contributed by atoms with van der Waals surface area (Å²) in [5, 5.41) is 21.2. The highest BCUT2D eigenvalue weighted by Gasteiger charge is 2.37. The van der Waals surface area contributed by atoms with Crippen LogP contribution in [-0.4, -0.2) is 56.1 Å². The van der Waals surface area contributed by atoms with Crippen LogP contribution >= 0.6 is 23.5 Å². The molecule has 0 spiro atoms. The smallest absolute Gasteiger partial charge is 0.269 e. The molecule has 2 aliphatic heterocycles. The summed E-state index contributed by atoms with van der Waals surface area (Å²) in [6, 6.07) is 12.3. The van der Waals surface area contributed by atoms with Crippen LogP contribution in [0.4, 0.5) is 11.4 Å². The number of hydrogen-bond acceptors (Lipinski definition) is 8. The monoisotopic (exact) mass is 474 g/mol. The second-order valence-corrected chi connectivity index (χ2v) is 9.34. The molecule has 0 saturated carbocycles. The number of hydrogen-bond donors (Lipinski definition) is 0. The number of benzene rings is 2. The molecule has 2 aliphatic rings. The number of non-ortho nitro benzene ring substituents is 2. The van der Waals surface area contributed by atoms with Gasteiger partial charge in [-0.25, -0.2) is 0 Å². The Bertz CT molecular complexity index is 977.